The van der Waals surface area contributed by atoms with E-state index in [1.807, 2.05) is 38.1 Å². The van der Waals surface area contributed by atoms with E-state index in [1.165, 1.54) is 0 Å². The van der Waals surface area contributed by atoms with Crippen LogP contribution < -0.4 is 5.32 Å². The van der Waals surface area contributed by atoms with Crippen molar-refractivity contribution in [2.24, 2.45) is 5.92 Å². The van der Waals surface area contributed by atoms with Crippen LogP contribution >= 0.6 is 0 Å². The first-order valence-corrected chi connectivity index (χ1v) is 7.25. The minimum Gasteiger partial charge on any atom is -0.478 e. The number of carboxylic acid groups (broad SMARTS) is 1. The molecule has 21 heavy (non-hydrogen) atoms. The average molecular weight is 289 g/mol. The normalized spacial score (nSPS) is 13.9. The molecular weight excluding hydrogens is 266 g/mol. The zero-order chi connectivity index (χ0) is 15.8. The highest BCUT2D eigenvalue weighted by Gasteiger charge is 2.15. The first-order chi connectivity index (χ1) is 9.93. The predicted octanol–water partition coefficient (Wildman–Crippen LogP) is 3.40. The van der Waals surface area contributed by atoms with Gasteiger partial charge in [0.1, 0.15) is 0 Å². The average Bonchev–Trinajstić information content (AvgIpc) is 2.45. The third kappa shape index (κ3) is 5.81. The Hall–Kier alpha value is -2.10. The molecule has 0 heterocycles. The van der Waals surface area contributed by atoms with Crippen molar-refractivity contribution in [3.8, 4) is 0 Å². The molecular formula is C17H23NO3. The molecule has 0 radical (unpaired) electrons. The Morgan fingerprint density at radius 3 is 2.67 bits per heavy atom. The lowest BCUT2D eigenvalue weighted by Crippen LogP contribution is -2.31. The Morgan fingerprint density at radius 1 is 1.33 bits per heavy atom. The number of amides is 1. The molecule has 0 fully saturated rings. The van der Waals surface area contributed by atoms with Crippen molar-refractivity contribution in [3.05, 3.63) is 41.5 Å². The Labute approximate surface area is 125 Å². The summed E-state index contributed by atoms with van der Waals surface area (Å²) in [6, 6.07) is 7.39. The molecule has 1 rings (SSSR count). The Morgan fingerprint density at radius 2 is 2.05 bits per heavy atom. The van der Waals surface area contributed by atoms with E-state index in [0.29, 0.717) is 0 Å². The second kappa shape index (κ2) is 8.25. The molecule has 0 aromatic heterocycles. The molecule has 0 spiro atoms. The molecule has 0 saturated carbocycles. The van der Waals surface area contributed by atoms with Gasteiger partial charge in [0, 0.05) is 12.0 Å². The number of aliphatic carboxylic acids is 1. The minimum atomic E-state index is -0.977. The van der Waals surface area contributed by atoms with Crippen LogP contribution in [0.1, 0.15) is 50.8 Å². The van der Waals surface area contributed by atoms with E-state index < -0.39 is 5.97 Å². The molecule has 0 saturated heterocycles. The number of carboxylic acids is 1. The van der Waals surface area contributed by atoms with Gasteiger partial charge >= 0.3 is 5.97 Å². The number of carbonyl (C=O) groups excluding carboxylic acids is 1. The number of rotatable bonds is 7. The van der Waals surface area contributed by atoms with Crippen LogP contribution in [-0.4, -0.2) is 17.0 Å². The third-order valence-corrected chi connectivity index (χ3v) is 3.36. The van der Waals surface area contributed by atoms with Crippen LogP contribution in [0.3, 0.4) is 0 Å². The molecule has 0 bridgehead atoms. The van der Waals surface area contributed by atoms with Crippen molar-refractivity contribution in [2.75, 3.05) is 0 Å². The van der Waals surface area contributed by atoms with E-state index in [4.69, 9.17) is 5.11 Å². The number of hydrogen-bond acceptors (Lipinski definition) is 2. The molecule has 0 aliphatic rings. The summed E-state index contributed by atoms with van der Waals surface area (Å²) < 4.78 is 0. The maximum Gasteiger partial charge on any atom is 0.328 e. The smallest absolute Gasteiger partial charge is 0.328 e. The van der Waals surface area contributed by atoms with Crippen molar-refractivity contribution in [1.82, 2.24) is 5.32 Å². The van der Waals surface area contributed by atoms with Crippen molar-refractivity contribution in [2.45, 2.75) is 39.7 Å². The summed E-state index contributed by atoms with van der Waals surface area (Å²) in [6.45, 7) is 5.92. The summed E-state index contributed by atoms with van der Waals surface area (Å²) in [5.74, 6) is -0.918. The molecule has 2 unspecified atom stereocenters. The van der Waals surface area contributed by atoms with E-state index in [1.54, 1.807) is 6.08 Å². The standard InChI is InChI=1S/C17H23NO3/c1-4-6-12(2)17(21)18-13(3)15-8-5-7-14(11-15)9-10-16(19)20/h5,7-13H,4,6H2,1-3H3,(H,18,21)(H,19,20). The molecule has 2 atom stereocenters. The summed E-state index contributed by atoms with van der Waals surface area (Å²) in [6.07, 6.45) is 4.50. The lowest BCUT2D eigenvalue weighted by atomic mass is 10.0. The van der Waals surface area contributed by atoms with Crippen molar-refractivity contribution in [3.63, 3.8) is 0 Å². The predicted molar refractivity (Wildman–Crippen MR) is 83.7 cm³/mol. The molecule has 4 nitrogen and oxygen atoms in total. The van der Waals surface area contributed by atoms with Gasteiger partial charge in [-0.2, -0.15) is 0 Å². The molecule has 2 N–H and O–H groups in total. The lowest BCUT2D eigenvalue weighted by molar-refractivity contribution is -0.131. The molecule has 0 aliphatic carbocycles. The topological polar surface area (TPSA) is 66.4 Å². The van der Waals surface area contributed by atoms with Crippen molar-refractivity contribution < 1.29 is 14.7 Å². The molecule has 4 heteroatoms. The van der Waals surface area contributed by atoms with E-state index >= 15 is 0 Å². The van der Waals surface area contributed by atoms with Crippen LogP contribution in [0.25, 0.3) is 6.08 Å². The first kappa shape index (κ1) is 17.0. The van der Waals surface area contributed by atoms with E-state index in [9.17, 15) is 9.59 Å². The molecule has 1 amide bonds. The molecule has 1 aromatic carbocycles. The van der Waals surface area contributed by atoms with Crippen LogP contribution in [0, 0.1) is 5.92 Å². The number of nitrogens with one attached hydrogen (secondary N) is 1. The van der Waals surface area contributed by atoms with Gasteiger partial charge in [-0.1, -0.05) is 38.5 Å². The fraction of sp³-hybridized carbons (Fsp3) is 0.412. The minimum absolute atomic E-state index is 0.00698. The van der Waals surface area contributed by atoms with Crippen molar-refractivity contribution >= 4 is 18.0 Å². The Balaban J connectivity index is 2.74. The van der Waals surface area contributed by atoms with E-state index in [2.05, 4.69) is 12.2 Å². The van der Waals surface area contributed by atoms with Gasteiger partial charge < -0.3 is 10.4 Å². The summed E-state index contributed by atoms with van der Waals surface area (Å²) >= 11 is 0. The largest absolute Gasteiger partial charge is 0.478 e. The zero-order valence-corrected chi connectivity index (χ0v) is 12.8. The quantitative estimate of drug-likeness (QED) is 0.756. The van der Waals surface area contributed by atoms with Crippen LogP contribution in [-0.2, 0) is 9.59 Å². The van der Waals surface area contributed by atoms with E-state index in [-0.39, 0.29) is 17.9 Å². The fourth-order valence-electron chi connectivity index (χ4n) is 2.10. The monoisotopic (exact) mass is 289 g/mol. The summed E-state index contributed by atoms with van der Waals surface area (Å²) in [7, 11) is 0. The van der Waals surface area contributed by atoms with Crippen LogP contribution in [0.2, 0.25) is 0 Å². The SMILES string of the molecule is CCCC(C)C(=O)NC(C)c1cccc(C=CC(=O)O)c1. The van der Waals surface area contributed by atoms with Crippen LogP contribution in [0.15, 0.2) is 30.3 Å². The van der Waals surface area contributed by atoms with Gasteiger partial charge in [-0.3, -0.25) is 4.79 Å². The van der Waals surface area contributed by atoms with Gasteiger partial charge in [0.05, 0.1) is 6.04 Å². The molecule has 1 aromatic rings. The number of benzene rings is 1. The summed E-state index contributed by atoms with van der Waals surface area (Å²) in [5, 5.41) is 11.6. The van der Waals surface area contributed by atoms with E-state index in [0.717, 1.165) is 30.0 Å². The summed E-state index contributed by atoms with van der Waals surface area (Å²) in [4.78, 5) is 22.5. The second-order valence-corrected chi connectivity index (χ2v) is 5.26. The van der Waals surface area contributed by atoms with Gasteiger partial charge in [-0.15, -0.1) is 0 Å². The third-order valence-electron chi connectivity index (χ3n) is 3.36. The maximum absolute atomic E-state index is 12.0. The highest BCUT2D eigenvalue weighted by molar-refractivity contribution is 5.85. The fourth-order valence-corrected chi connectivity index (χ4v) is 2.10. The molecule has 0 aliphatic heterocycles. The van der Waals surface area contributed by atoms with Gasteiger partial charge in [-0.05, 0) is 36.6 Å². The van der Waals surface area contributed by atoms with Gasteiger partial charge in [0.25, 0.3) is 0 Å². The highest BCUT2D eigenvalue weighted by Crippen LogP contribution is 2.16. The van der Waals surface area contributed by atoms with Gasteiger partial charge in [0.2, 0.25) is 5.91 Å². The van der Waals surface area contributed by atoms with Gasteiger partial charge in [0.15, 0.2) is 0 Å². The summed E-state index contributed by atoms with van der Waals surface area (Å²) in [5.41, 5.74) is 1.76. The zero-order valence-electron chi connectivity index (χ0n) is 12.8. The lowest BCUT2D eigenvalue weighted by Gasteiger charge is -2.18. The maximum atomic E-state index is 12.0. The first-order valence-electron chi connectivity index (χ1n) is 7.25. The number of carbonyl (C=O) groups is 2. The van der Waals surface area contributed by atoms with Crippen molar-refractivity contribution in [1.29, 1.82) is 0 Å². The second-order valence-electron chi connectivity index (χ2n) is 5.26. The Bertz CT molecular complexity index is 523. The van der Waals surface area contributed by atoms with Gasteiger partial charge in [-0.25, -0.2) is 4.79 Å². The number of hydrogen-bond donors (Lipinski definition) is 2. The van der Waals surface area contributed by atoms with Crippen LogP contribution in [0.5, 0.6) is 0 Å². The van der Waals surface area contributed by atoms with Crippen LogP contribution in [0.4, 0.5) is 0 Å². The highest BCUT2D eigenvalue weighted by atomic mass is 16.4. The molecule has 114 valence electrons. The Kier molecular flexibility index (Phi) is 6.66.